The van der Waals surface area contributed by atoms with E-state index in [0.717, 1.165) is 0 Å². The van der Waals surface area contributed by atoms with Gasteiger partial charge in [0, 0.05) is 6.42 Å². The van der Waals surface area contributed by atoms with Gasteiger partial charge in [0.1, 0.15) is 5.57 Å². The topological polar surface area (TPSA) is 89.9 Å². The van der Waals surface area contributed by atoms with Gasteiger partial charge in [0.15, 0.2) is 17.6 Å². The molecule has 0 fully saturated rings. The molecule has 1 unspecified atom stereocenters. The number of aliphatic hydroxyl groups excluding tert-OH is 1. The van der Waals surface area contributed by atoms with Gasteiger partial charge in [-0.05, 0) is 5.56 Å². The first-order valence-electron chi connectivity index (χ1n) is 6.31. The molecule has 1 heterocycles. The Morgan fingerprint density at radius 3 is 2.57 bits per heavy atom. The number of methoxy groups -OCH3 is 1. The van der Waals surface area contributed by atoms with Gasteiger partial charge in [-0.15, -0.1) is 0 Å². The molecule has 1 aliphatic rings. The largest absolute Gasteiger partial charge is 0.507 e. The van der Waals surface area contributed by atoms with Crippen molar-refractivity contribution in [1.82, 2.24) is 0 Å². The Bertz CT molecular complexity index is 602. The highest BCUT2D eigenvalue weighted by Gasteiger charge is 2.39. The van der Waals surface area contributed by atoms with Crippen molar-refractivity contribution in [1.29, 1.82) is 0 Å². The molecule has 21 heavy (non-hydrogen) atoms. The summed E-state index contributed by atoms with van der Waals surface area (Å²) in [7, 11) is 1.18. The second-order valence-electron chi connectivity index (χ2n) is 4.52. The number of ether oxygens (including phenoxy) is 2. The van der Waals surface area contributed by atoms with Crippen LogP contribution in [0.25, 0.3) is 0 Å². The van der Waals surface area contributed by atoms with E-state index < -0.39 is 35.2 Å². The molecule has 0 spiro atoms. The summed E-state index contributed by atoms with van der Waals surface area (Å²) in [6.45, 7) is 0. The standard InChI is InChI=1S/C15H14O6/c1-20-12(17)8-11-14(18)13(15(19)21-11)10(16)7-9-5-3-2-4-6-9/h2-6,11,18H,7-8H2,1H3. The fraction of sp³-hybridized carbons (Fsp3) is 0.267. The van der Waals surface area contributed by atoms with Crippen LogP contribution in [-0.2, 0) is 30.3 Å². The molecule has 6 nitrogen and oxygen atoms in total. The van der Waals surface area contributed by atoms with Crippen molar-refractivity contribution in [3.8, 4) is 0 Å². The number of rotatable bonds is 5. The highest BCUT2D eigenvalue weighted by atomic mass is 16.6. The maximum atomic E-state index is 12.1. The maximum absolute atomic E-state index is 12.1. The SMILES string of the molecule is COC(=O)CC1OC(=O)C(C(=O)Cc2ccccc2)=C1O. The van der Waals surface area contributed by atoms with Gasteiger partial charge in [0.2, 0.25) is 0 Å². The quantitative estimate of drug-likeness (QED) is 0.645. The van der Waals surface area contributed by atoms with E-state index >= 15 is 0 Å². The summed E-state index contributed by atoms with van der Waals surface area (Å²) in [6, 6.07) is 8.82. The molecular weight excluding hydrogens is 276 g/mol. The fourth-order valence-electron chi connectivity index (χ4n) is 2.01. The molecule has 1 aliphatic heterocycles. The summed E-state index contributed by atoms with van der Waals surface area (Å²) in [5, 5.41) is 9.92. The second-order valence-corrected chi connectivity index (χ2v) is 4.52. The molecule has 0 radical (unpaired) electrons. The summed E-state index contributed by atoms with van der Waals surface area (Å²) in [6.07, 6.45) is -1.50. The van der Waals surface area contributed by atoms with Crippen molar-refractivity contribution in [2.24, 2.45) is 0 Å². The van der Waals surface area contributed by atoms with E-state index in [2.05, 4.69) is 4.74 Å². The summed E-state index contributed by atoms with van der Waals surface area (Å²) < 4.78 is 9.27. The molecule has 110 valence electrons. The summed E-state index contributed by atoms with van der Waals surface area (Å²) in [4.78, 5) is 34.9. The van der Waals surface area contributed by atoms with E-state index in [1.165, 1.54) is 7.11 Å². The molecule has 0 aromatic heterocycles. The van der Waals surface area contributed by atoms with Crippen molar-refractivity contribution in [3.05, 3.63) is 47.2 Å². The smallest absolute Gasteiger partial charge is 0.346 e. The lowest BCUT2D eigenvalue weighted by Crippen LogP contribution is -2.17. The van der Waals surface area contributed by atoms with Crippen LogP contribution in [0.1, 0.15) is 12.0 Å². The van der Waals surface area contributed by atoms with E-state index in [1.807, 2.05) is 0 Å². The Hall–Kier alpha value is -2.63. The normalized spacial score (nSPS) is 17.6. The highest BCUT2D eigenvalue weighted by molar-refractivity contribution is 6.19. The highest BCUT2D eigenvalue weighted by Crippen LogP contribution is 2.25. The van der Waals surface area contributed by atoms with Gasteiger partial charge >= 0.3 is 11.9 Å². The number of Topliss-reactive ketones (excluding diaryl/α,β-unsaturated/α-hetero) is 1. The number of hydrogen-bond acceptors (Lipinski definition) is 6. The second kappa shape index (κ2) is 6.21. The number of benzene rings is 1. The minimum Gasteiger partial charge on any atom is -0.507 e. The summed E-state index contributed by atoms with van der Waals surface area (Å²) >= 11 is 0. The molecule has 1 atom stereocenters. The van der Waals surface area contributed by atoms with Gasteiger partial charge in [0.05, 0.1) is 13.5 Å². The fourth-order valence-corrected chi connectivity index (χ4v) is 2.01. The van der Waals surface area contributed by atoms with Crippen LogP contribution in [0, 0.1) is 0 Å². The van der Waals surface area contributed by atoms with Gasteiger partial charge < -0.3 is 14.6 Å². The minimum atomic E-state index is -1.15. The minimum absolute atomic E-state index is 0.0275. The Morgan fingerprint density at radius 1 is 1.29 bits per heavy atom. The zero-order valence-corrected chi connectivity index (χ0v) is 11.4. The predicted molar refractivity (Wildman–Crippen MR) is 71.3 cm³/mol. The van der Waals surface area contributed by atoms with Gasteiger partial charge in [-0.3, -0.25) is 9.59 Å². The molecule has 1 aromatic rings. The molecule has 6 heteroatoms. The van der Waals surface area contributed by atoms with Gasteiger partial charge in [0.25, 0.3) is 0 Å². The molecule has 1 N–H and O–H groups in total. The van der Waals surface area contributed by atoms with Gasteiger partial charge in [-0.2, -0.15) is 0 Å². The van der Waals surface area contributed by atoms with Crippen LogP contribution >= 0.6 is 0 Å². The number of carbonyl (C=O) groups is 3. The third-order valence-electron chi connectivity index (χ3n) is 3.08. The summed E-state index contributed by atoms with van der Waals surface area (Å²) in [5.74, 6) is -2.61. The van der Waals surface area contributed by atoms with Crippen molar-refractivity contribution in [2.45, 2.75) is 18.9 Å². The third kappa shape index (κ3) is 3.28. The van der Waals surface area contributed by atoms with Crippen LogP contribution in [0.2, 0.25) is 0 Å². The van der Waals surface area contributed by atoms with E-state index in [-0.39, 0.29) is 12.8 Å². The molecule has 0 saturated heterocycles. The van der Waals surface area contributed by atoms with Gasteiger partial charge in [-0.25, -0.2) is 4.79 Å². The van der Waals surface area contributed by atoms with Crippen LogP contribution in [-0.4, -0.2) is 36.0 Å². The van der Waals surface area contributed by atoms with Gasteiger partial charge in [-0.1, -0.05) is 30.3 Å². The number of hydrogen-bond donors (Lipinski definition) is 1. The number of carbonyl (C=O) groups excluding carboxylic acids is 3. The average Bonchev–Trinajstić information content (AvgIpc) is 2.74. The predicted octanol–water partition coefficient (Wildman–Crippen LogP) is 1.10. The van der Waals surface area contributed by atoms with Crippen LogP contribution < -0.4 is 0 Å². The van der Waals surface area contributed by atoms with Crippen molar-refractivity contribution in [3.63, 3.8) is 0 Å². The summed E-state index contributed by atoms with van der Waals surface area (Å²) in [5.41, 5.74) is 0.319. The number of aliphatic hydroxyl groups is 1. The number of esters is 2. The van der Waals surface area contributed by atoms with Crippen molar-refractivity contribution < 1.29 is 29.0 Å². The first-order chi connectivity index (χ1) is 10.0. The zero-order chi connectivity index (χ0) is 15.4. The zero-order valence-electron chi connectivity index (χ0n) is 11.4. The van der Waals surface area contributed by atoms with E-state index in [1.54, 1.807) is 30.3 Å². The monoisotopic (exact) mass is 290 g/mol. The van der Waals surface area contributed by atoms with E-state index in [4.69, 9.17) is 4.74 Å². The molecule has 0 amide bonds. The maximum Gasteiger partial charge on any atom is 0.346 e. The molecule has 2 rings (SSSR count). The van der Waals surface area contributed by atoms with E-state index in [9.17, 15) is 19.5 Å². The lowest BCUT2D eigenvalue weighted by Gasteiger charge is -2.07. The molecule has 0 aliphatic carbocycles. The Kier molecular flexibility index (Phi) is 4.37. The molecule has 1 aromatic carbocycles. The van der Waals surface area contributed by atoms with Crippen LogP contribution in [0.4, 0.5) is 0 Å². The average molecular weight is 290 g/mol. The lowest BCUT2D eigenvalue weighted by atomic mass is 10.0. The Morgan fingerprint density at radius 2 is 1.95 bits per heavy atom. The Balaban J connectivity index is 2.15. The van der Waals surface area contributed by atoms with Crippen LogP contribution in [0.3, 0.4) is 0 Å². The number of ketones is 1. The van der Waals surface area contributed by atoms with E-state index in [0.29, 0.717) is 5.56 Å². The molecular formula is C15H14O6. The number of cyclic esters (lactones) is 1. The molecule has 0 bridgehead atoms. The lowest BCUT2D eigenvalue weighted by molar-refractivity contribution is -0.147. The van der Waals surface area contributed by atoms with Crippen LogP contribution in [0.15, 0.2) is 41.7 Å². The third-order valence-corrected chi connectivity index (χ3v) is 3.08. The van der Waals surface area contributed by atoms with Crippen LogP contribution in [0.5, 0.6) is 0 Å². The van der Waals surface area contributed by atoms with Crippen molar-refractivity contribution in [2.75, 3.05) is 7.11 Å². The Labute approximate surface area is 121 Å². The first kappa shape index (κ1) is 14.8. The first-order valence-corrected chi connectivity index (χ1v) is 6.31. The van der Waals surface area contributed by atoms with Crippen molar-refractivity contribution >= 4 is 17.7 Å². The molecule has 0 saturated carbocycles.